The van der Waals surface area contributed by atoms with Gasteiger partial charge in [-0.05, 0) is 37.4 Å². The van der Waals surface area contributed by atoms with E-state index in [0.717, 1.165) is 12.4 Å². The van der Waals surface area contributed by atoms with Crippen LogP contribution in [0.3, 0.4) is 0 Å². The van der Waals surface area contributed by atoms with Gasteiger partial charge in [0.05, 0.1) is 0 Å². The monoisotopic (exact) mass is 233 g/mol. The van der Waals surface area contributed by atoms with Crippen LogP contribution in [0, 0.1) is 5.41 Å². The molecule has 3 heteroatoms. The molecule has 0 aliphatic carbocycles. The highest BCUT2D eigenvalue weighted by molar-refractivity contribution is 5.42. The highest BCUT2D eigenvalue weighted by Gasteiger charge is 2.25. The Morgan fingerprint density at radius 3 is 2.71 bits per heavy atom. The fraction of sp³-hybridized carbons (Fsp3) is 0.643. The quantitative estimate of drug-likeness (QED) is 0.870. The van der Waals surface area contributed by atoms with Crippen LogP contribution in [-0.2, 0) is 6.54 Å². The minimum atomic E-state index is 0.525. The molecule has 1 aromatic rings. The highest BCUT2D eigenvalue weighted by Crippen LogP contribution is 2.30. The van der Waals surface area contributed by atoms with Crippen LogP contribution in [0.2, 0.25) is 0 Å². The molecule has 1 aliphatic heterocycles. The molecule has 0 atom stereocenters. The Balaban J connectivity index is 1.98. The molecule has 1 fully saturated rings. The first-order chi connectivity index (χ1) is 8.11. The van der Waals surface area contributed by atoms with Crippen LogP contribution < -0.4 is 5.32 Å². The predicted octanol–water partition coefficient (Wildman–Crippen LogP) is 2.75. The number of hydrogen-bond donors (Lipinski definition) is 1. The maximum Gasteiger partial charge on any atom is 0.130 e. The molecule has 0 radical (unpaired) electrons. The van der Waals surface area contributed by atoms with Crippen molar-refractivity contribution in [3.05, 3.63) is 23.9 Å². The van der Waals surface area contributed by atoms with Crippen molar-refractivity contribution in [2.75, 3.05) is 25.5 Å². The summed E-state index contributed by atoms with van der Waals surface area (Å²) in [5.41, 5.74) is 1.83. The summed E-state index contributed by atoms with van der Waals surface area (Å²) in [5.74, 6) is 1.01. The van der Waals surface area contributed by atoms with Gasteiger partial charge in [0.25, 0.3) is 0 Å². The van der Waals surface area contributed by atoms with Crippen molar-refractivity contribution >= 4 is 5.82 Å². The maximum atomic E-state index is 4.35. The van der Waals surface area contributed by atoms with Gasteiger partial charge in [-0.2, -0.15) is 0 Å². The lowest BCUT2D eigenvalue weighted by Gasteiger charge is -2.37. The second-order valence-corrected chi connectivity index (χ2v) is 5.70. The number of aromatic nitrogens is 1. The average molecular weight is 233 g/mol. The number of nitrogens with one attached hydrogen (secondary N) is 1. The van der Waals surface area contributed by atoms with E-state index in [1.54, 1.807) is 0 Å². The fourth-order valence-corrected chi connectivity index (χ4v) is 2.35. The topological polar surface area (TPSA) is 28.2 Å². The van der Waals surface area contributed by atoms with Crippen molar-refractivity contribution in [3.8, 4) is 0 Å². The van der Waals surface area contributed by atoms with E-state index in [2.05, 4.69) is 35.1 Å². The van der Waals surface area contributed by atoms with E-state index in [1.807, 2.05) is 19.3 Å². The van der Waals surface area contributed by atoms with E-state index in [1.165, 1.54) is 31.5 Å². The third-order valence-electron chi connectivity index (χ3n) is 3.73. The summed E-state index contributed by atoms with van der Waals surface area (Å²) in [6.45, 7) is 8.15. The number of nitrogens with zero attached hydrogens (tertiary/aromatic N) is 2. The first kappa shape index (κ1) is 12.4. The van der Waals surface area contributed by atoms with Crippen LogP contribution in [0.25, 0.3) is 0 Å². The lowest BCUT2D eigenvalue weighted by molar-refractivity contribution is 0.127. The highest BCUT2D eigenvalue weighted by atomic mass is 15.1. The van der Waals surface area contributed by atoms with E-state index in [0.29, 0.717) is 5.41 Å². The summed E-state index contributed by atoms with van der Waals surface area (Å²) in [6, 6.07) is 4.18. The van der Waals surface area contributed by atoms with Crippen LogP contribution in [0.1, 0.15) is 32.3 Å². The van der Waals surface area contributed by atoms with E-state index in [-0.39, 0.29) is 0 Å². The molecule has 2 rings (SSSR count). The smallest absolute Gasteiger partial charge is 0.130 e. The number of likely N-dealkylation sites (tertiary alicyclic amines) is 1. The number of anilines is 1. The number of pyridine rings is 1. The first-order valence-corrected chi connectivity index (χ1v) is 6.45. The fourth-order valence-electron chi connectivity index (χ4n) is 2.35. The van der Waals surface area contributed by atoms with Crippen LogP contribution >= 0.6 is 0 Å². The second-order valence-electron chi connectivity index (χ2n) is 5.70. The predicted molar refractivity (Wildman–Crippen MR) is 72.1 cm³/mol. The molecule has 0 spiro atoms. The molecule has 0 aromatic carbocycles. The van der Waals surface area contributed by atoms with Gasteiger partial charge in [0.15, 0.2) is 0 Å². The van der Waals surface area contributed by atoms with Crippen molar-refractivity contribution in [3.63, 3.8) is 0 Å². The van der Waals surface area contributed by atoms with Crippen LogP contribution in [0.15, 0.2) is 18.3 Å². The number of hydrogen-bond acceptors (Lipinski definition) is 3. The van der Waals surface area contributed by atoms with Gasteiger partial charge in [-0.25, -0.2) is 4.98 Å². The molecule has 0 bridgehead atoms. The largest absolute Gasteiger partial charge is 0.373 e. The Morgan fingerprint density at radius 2 is 2.06 bits per heavy atom. The average Bonchev–Trinajstić information content (AvgIpc) is 2.32. The van der Waals surface area contributed by atoms with E-state index in [4.69, 9.17) is 0 Å². The Bertz CT molecular complexity index is 363. The van der Waals surface area contributed by atoms with E-state index < -0.39 is 0 Å². The van der Waals surface area contributed by atoms with Gasteiger partial charge < -0.3 is 5.32 Å². The Hall–Kier alpha value is -1.09. The van der Waals surface area contributed by atoms with Crippen molar-refractivity contribution in [1.29, 1.82) is 0 Å². The lowest BCUT2D eigenvalue weighted by atomic mass is 9.82. The van der Waals surface area contributed by atoms with Crippen molar-refractivity contribution in [1.82, 2.24) is 9.88 Å². The van der Waals surface area contributed by atoms with Crippen LogP contribution in [0.5, 0.6) is 0 Å². The summed E-state index contributed by atoms with van der Waals surface area (Å²) in [5, 5.41) is 3.16. The Morgan fingerprint density at radius 1 is 1.35 bits per heavy atom. The first-order valence-electron chi connectivity index (χ1n) is 6.45. The van der Waals surface area contributed by atoms with Gasteiger partial charge in [-0.3, -0.25) is 4.90 Å². The van der Waals surface area contributed by atoms with Crippen LogP contribution in [0.4, 0.5) is 5.82 Å². The molecule has 17 heavy (non-hydrogen) atoms. The minimum Gasteiger partial charge on any atom is -0.373 e. The van der Waals surface area contributed by atoms with Gasteiger partial charge in [-0.15, -0.1) is 0 Å². The molecular formula is C14H23N3. The van der Waals surface area contributed by atoms with Crippen molar-refractivity contribution in [2.45, 2.75) is 33.2 Å². The molecule has 1 aromatic heterocycles. The summed E-state index contributed by atoms with van der Waals surface area (Å²) in [4.78, 5) is 6.88. The van der Waals surface area contributed by atoms with E-state index >= 15 is 0 Å². The van der Waals surface area contributed by atoms with Gasteiger partial charge in [-0.1, -0.05) is 19.9 Å². The second kappa shape index (κ2) is 5.05. The van der Waals surface area contributed by atoms with E-state index in [9.17, 15) is 0 Å². The normalized spacial score (nSPS) is 20.2. The molecule has 3 nitrogen and oxygen atoms in total. The lowest BCUT2D eigenvalue weighted by Crippen LogP contribution is -2.36. The maximum absolute atomic E-state index is 4.35. The molecule has 94 valence electrons. The molecule has 0 amide bonds. The van der Waals surface area contributed by atoms with Crippen molar-refractivity contribution < 1.29 is 0 Å². The molecule has 0 saturated carbocycles. The molecule has 1 aliphatic rings. The standard InChI is InChI=1S/C14H23N3/c1-14(2)6-9-17(10-7-14)11-12-5-4-8-16-13(12)15-3/h4-5,8H,6-7,9-11H2,1-3H3,(H,15,16). The third-order valence-corrected chi connectivity index (χ3v) is 3.73. The van der Waals surface area contributed by atoms with Crippen LogP contribution in [-0.4, -0.2) is 30.0 Å². The third kappa shape index (κ3) is 3.19. The summed E-state index contributed by atoms with van der Waals surface area (Å²) >= 11 is 0. The Kier molecular flexibility index (Phi) is 3.67. The van der Waals surface area contributed by atoms with Crippen molar-refractivity contribution in [2.24, 2.45) is 5.41 Å². The molecule has 1 N–H and O–H groups in total. The zero-order valence-electron chi connectivity index (χ0n) is 11.2. The molecule has 0 unspecified atom stereocenters. The summed E-state index contributed by atoms with van der Waals surface area (Å²) in [7, 11) is 1.94. The van der Waals surface area contributed by atoms with Gasteiger partial charge in [0.1, 0.15) is 5.82 Å². The summed E-state index contributed by atoms with van der Waals surface area (Å²) < 4.78 is 0. The van der Waals surface area contributed by atoms with Gasteiger partial charge in [0, 0.05) is 25.4 Å². The number of rotatable bonds is 3. The molecular weight excluding hydrogens is 210 g/mol. The SMILES string of the molecule is CNc1ncccc1CN1CCC(C)(C)CC1. The Labute approximate surface area is 104 Å². The zero-order valence-corrected chi connectivity index (χ0v) is 11.2. The van der Waals surface area contributed by atoms with Gasteiger partial charge >= 0.3 is 0 Å². The summed E-state index contributed by atoms with van der Waals surface area (Å²) in [6.07, 6.45) is 4.43. The minimum absolute atomic E-state index is 0.525. The number of piperidine rings is 1. The van der Waals surface area contributed by atoms with Gasteiger partial charge in [0.2, 0.25) is 0 Å². The zero-order chi connectivity index (χ0) is 12.3. The molecule has 2 heterocycles. The molecule has 1 saturated heterocycles.